The molecule has 3 N–H and O–H groups in total. The number of nitrogens with two attached hydrogens (primary N) is 1. The summed E-state index contributed by atoms with van der Waals surface area (Å²) < 4.78 is 0. The summed E-state index contributed by atoms with van der Waals surface area (Å²) >= 11 is 1.12. The summed E-state index contributed by atoms with van der Waals surface area (Å²) in [5.74, 6) is -0.0801. The number of amides is 1. The molecule has 1 aliphatic rings. The molecule has 1 fully saturated rings. The van der Waals surface area contributed by atoms with E-state index in [-0.39, 0.29) is 0 Å². The summed E-state index contributed by atoms with van der Waals surface area (Å²) in [6.07, 6.45) is 0.596. The van der Waals surface area contributed by atoms with Crippen LogP contribution in [0.2, 0.25) is 0 Å². The molecule has 7 nitrogen and oxygen atoms in total. The first-order chi connectivity index (χ1) is 14.0. The van der Waals surface area contributed by atoms with Gasteiger partial charge < -0.3 is 15.7 Å². The molecular formula is C21H21N5O2S. The predicted molar refractivity (Wildman–Crippen MR) is 112 cm³/mol. The van der Waals surface area contributed by atoms with Gasteiger partial charge >= 0.3 is 0 Å². The van der Waals surface area contributed by atoms with Gasteiger partial charge in [0.2, 0.25) is 11.6 Å². The molecule has 2 heterocycles. The molecule has 0 radical (unpaired) electrons. The highest BCUT2D eigenvalue weighted by molar-refractivity contribution is 8.00. The number of nitrogens with zero attached hydrogens (tertiary/aromatic N) is 4. The number of hydrogen-bond donors (Lipinski definition) is 2. The van der Waals surface area contributed by atoms with Gasteiger partial charge in [0.15, 0.2) is 0 Å². The van der Waals surface area contributed by atoms with Crippen molar-refractivity contribution in [3.8, 4) is 6.07 Å². The predicted octanol–water partition coefficient (Wildman–Crippen LogP) is 2.96. The van der Waals surface area contributed by atoms with Crippen LogP contribution >= 0.6 is 11.8 Å². The Labute approximate surface area is 174 Å². The van der Waals surface area contributed by atoms with Gasteiger partial charge in [0.1, 0.15) is 22.2 Å². The van der Waals surface area contributed by atoms with Crippen molar-refractivity contribution < 1.29 is 9.90 Å². The van der Waals surface area contributed by atoms with Crippen molar-refractivity contribution in [3.63, 3.8) is 0 Å². The van der Waals surface area contributed by atoms with Gasteiger partial charge in [0.05, 0.1) is 18.2 Å². The number of carbonyl (C=O) groups is 1. The Morgan fingerprint density at radius 3 is 2.76 bits per heavy atom. The molecule has 1 amide bonds. The summed E-state index contributed by atoms with van der Waals surface area (Å²) in [5, 5.41) is 19.4. The third kappa shape index (κ3) is 4.19. The van der Waals surface area contributed by atoms with Crippen LogP contribution in [0.5, 0.6) is 0 Å². The Bertz CT molecular complexity index is 997. The Hall–Kier alpha value is -3.07. The minimum Gasteiger partial charge on any atom is -0.391 e. The van der Waals surface area contributed by atoms with Crippen molar-refractivity contribution in [3.05, 3.63) is 58.4 Å². The minimum absolute atomic E-state index is 0.300. The van der Waals surface area contributed by atoms with Crippen molar-refractivity contribution in [2.24, 2.45) is 5.73 Å². The van der Waals surface area contributed by atoms with E-state index >= 15 is 0 Å². The molecule has 2 aromatic rings. The Morgan fingerprint density at radius 1 is 1.52 bits per heavy atom. The topological polar surface area (TPSA) is 108 Å². The van der Waals surface area contributed by atoms with Crippen LogP contribution in [0.15, 0.2) is 35.4 Å². The molecule has 29 heavy (non-hydrogen) atoms. The molecule has 3 rings (SSSR count). The second kappa shape index (κ2) is 8.95. The molecule has 2 atom stereocenters. The normalized spacial score (nSPS) is 16.8. The lowest BCUT2D eigenvalue weighted by atomic mass is 10.1. The largest absolute Gasteiger partial charge is 0.391 e. The van der Waals surface area contributed by atoms with Crippen molar-refractivity contribution >= 4 is 29.2 Å². The lowest BCUT2D eigenvalue weighted by Crippen LogP contribution is -2.23. The molecular weight excluding hydrogens is 386 g/mol. The van der Waals surface area contributed by atoms with Gasteiger partial charge in [-0.25, -0.2) is 9.83 Å². The number of pyridine rings is 1. The minimum atomic E-state index is -0.712. The highest BCUT2D eigenvalue weighted by atomic mass is 32.2. The van der Waals surface area contributed by atoms with Gasteiger partial charge in [-0.05, 0) is 24.0 Å². The summed E-state index contributed by atoms with van der Waals surface area (Å²) in [5.41, 5.74) is 7.61. The zero-order valence-corrected chi connectivity index (χ0v) is 16.8. The lowest BCUT2D eigenvalue weighted by molar-refractivity contribution is -0.117. The van der Waals surface area contributed by atoms with Crippen molar-refractivity contribution in [1.29, 1.82) is 5.26 Å². The maximum Gasteiger partial charge on any atom is 0.235 e. The van der Waals surface area contributed by atoms with E-state index in [0.29, 0.717) is 53.6 Å². The summed E-state index contributed by atoms with van der Waals surface area (Å²) in [4.78, 5) is 22.3. The monoisotopic (exact) mass is 407 g/mol. The van der Waals surface area contributed by atoms with Gasteiger partial charge in [-0.1, -0.05) is 49.0 Å². The summed E-state index contributed by atoms with van der Waals surface area (Å²) in [6.45, 7) is 10.5. The molecule has 1 aliphatic heterocycles. The Morgan fingerprint density at radius 2 is 2.24 bits per heavy atom. The first-order valence-corrected chi connectivity index (χ1v) is 10.2. The van der Waals surface area contributed by atoms with E-state index in [1.54, 1.807) is 12.1 Å². The fraction of sp³-hybridized carbons (Fsp3) is 0.333. The number of hydrogen-bond acceptors (Lipinski definition) is 6. The fourth-order valence-electron chi connectivity index (χ4n) is 3.43. The third-order valence-electron chi connectivity index (χ3n) is 4.85. The van der Waals surface area contributed by atoms with E-state index in [4.69, 9.17) is 12.3 Å². The highest BCUT2D eigenvalue weighted by Gasteiger charge is 2.29. The van der Waals surface area contributed by atoms with E-state index in [9.17, 15) is 15.2 Å². The van der Waals surface area contributed by atoms with Crippen LogP contribution in [0.3, 0.4) is 0 Å². The second-order valence-electron chi connectivity index (χ2n) is 6.72. The molecule has 1 saturated heterocycles. The molecule has 0 bridgehead atoms. The number of aliphatic hydroxyl groups excluding tert-OH is 1. The SMILES string of the molecule is [C-]#[N+]c1c(N2CC[C@@H](O)C2)nc(S[C@@H](C(N)=O)c2ccccc2)c(C#N)c1CC. The van der Waals surface area contributed by atoms with E-state index in [0.717, 1.165) is 17.3 Å². The fourth-order valence-corrected chi connectivity index (χ4v) is 4.49. The number of anilines is 1. The standard InChI is InChI=1S/C21H21N5O2S/c1-3-15-16(11-22)21(29-18(19(23)28)13-7-5-4-6-8-13)25-20(17(15)24-2)26-10-9-14(27)12-26/h4-8,14,18,27H,3,9-10,12H2,1H3,(H2,23,28)/t14-,18-/m1/s1. The first kappa shape index (κ1) is 20.7. The van der Waals surface area contributed by atoms with E-state index in [2.05, 4.69) is 15.9 Å². The average molecular weight is 407 g/mol. The number of aromatic nitrogens is 1. The summed E-state index contributed by atoms with van der Waals surface area (Å²) in [6, 6.07) is 11.3. The highest BCUT2D eigenvalue weighted by Crippen LogP contribution is 2.43. The molecule has 0 spiro atoms. The number of rotatable bonds is 6. The average Bonchev–Trinajstić information content (AvgIpc) is 3.17. The Kier molecular flexibility index (Phi) is 6.38. The lowest BCUT2D eigenvalue weighted by Gasteiger charge is -2.23. The first-order valence-electron chi connectivity index (χ1n) is 9.28. The van der Waals surface area contributed by atoms with Crippen molar-refractivity contribution in [2.45, 2.75) is 36.1 Å². The number of β-amino-alcohol motifs (C(OH)–C–C–N with tert-alkyl or cyclic N) is 1. The van der Waals surface area contributed by atoms with Crippen LogP contribution < -0.4 is 10.6 Å². The quantitative estimate of drug-likeness (QED) is 0.563. The number of primary amides is 1. The van der Waals surface area contributed by atoms with Crippen LogP contribution in [0.4, 0.5) is 11.5 Å². The smallest absolute Gasteiger partial charge is 0.235 e. The van der Waals surface area contributed by atoms with Crippen LogP contribution in [-0.4, -0.2) is 35.2 Å². The maximum atomic E-state index is 12.2. The molecule has 0 saturated carbocycles. The number of nitriles is 1. The van der Waals surface area contributed by atoms with E-state index in [1.165, 1.54) is 0 Å². The van der Waals surface area contributed by atoms with Crippen molar-refractivity contribution in [1.82, 2.24) is 4.98 Å². The number of carbonyl (C=O) groups excluding carboxylic acids is 1. The zero-order chi connectivity index (χ0) is 21.0. The van der Waals surface area contributed by atoms with Gasteiger partial charge in [-0.3, -0.25) is 4.79 Å². The molecule has 0 unspecified atom stereocenters. The van der Waals surface area contributed by atoms with Gasteiger partial charge in [0.25, 0.3) is 0 Å². The van der Waals surface area contributed by atoms with Gasteiger partial charge in [0, 0.05) is 13.1 Å². The van der Waals surface area contributed by atoms with Crippen LogP contribution in [0, 0.1) is 17.9 Å². The van der Waals surface area contributed by atoms with Crippen molar-refractivity contribution in [2.75, 3.05) is 18.0 Å². The van der Waals surface area contributed by atoms with Crippen LogP contribution in [0.1, 0.15) is 35.3 Å². The maximum absolute atomic E-state index is 12.2. The molecule has 1 aromatic heterocycles. The number of aliphatic hydroxyl groups is 1. The molecule has 1 aromatic carbocycles. The molecule has 0 aliphatic carbocycles. The zero-order valence-electron chi connectivity index (χ0n) is 16.0. The molecule has 8 heteroatoms. The van der Waals surface area contributed by atoms with Gasteiger partial charge in [-0.15, -0.1) is 0 Å². The van der Waals surface area contributed by atoms with Crippen LogP contribution in [0.25, 0.3) is 4.85 Å². The molecule has 148 valence electrons. The van der Waals surface area contributed by atoms with E-state index < -0.39 is 17.3 Å². The second-order valence-corrected chi connectivity index (χ2v) is 7.81. The van der Waals surface area contributed by atoms with E-state index in [1.807, 2.05) is 30.0 Å². The van der Waals surface area contributed by atoms with Crippen LogP contribution in [-0.2, 0) is 11.2 Å². The third-order valence-corrected chi connectivity index (χ3v) is 6.11. The number of benzene rings is 1. The Balaban J connectivity index is 2.13. The summed E-state index contributed by atoms with van der Waals surface area (Å²) in [7, 11) is 0. The van der Waals surface area contributed by atoms with Gasteiger partial charge in [-0.2, -0.15) is 5.26 Å². The number of thioether (sulfide) groups is 1.